The molecule has 0 bridgehead atoms. The molecule has 16 heavy (non-hydrogen) atoms. The highest BCUT2D eigenvalue weighted by atomic mass is 79.9. The Labute approximate surface area is 108 Å². The summed E-state index contributed by atoms with van der Waals surface area (Å²) in [5, 5.41) is 10.3. The lowest BCUT2D eigenvalue weighted by Gasteiger charge is -2.38. The number of hydrogen-bond donors (Lipinski definition) is 1. The van der Waals surface area contributed by atoms with Crippen molar-refractivity contribution in [3.8, 4) is 0 Å². The van der Waals surface area contributed by atoms with Crippen molar-refractivity contribution in [2.45, 2.75) is 38.5 Å². The lowest BCUT2D eigenvalue weighted by molar-refractivity contribution is 0.0987. The van der Waals surface area contributed by atoms with Gasteiger partial charge in [0, 0.05) is 18.5 Å². The maximum absolute atomic E-state index is 9.13. The summed E-state index contributed by atoms with van der Waals surface area (Å²) in [6.07, 6.45) is 8.01. The van der Waals surface area contributed by atoms with Gasteiger partial charge >= 0.3 is 0 Å². The predicted molar refractivity (Wildman–Crippen MR) is 70.9 cm³/mol. The molecule has 0 aromatic rings. The Balaban J connectivity index is 1.81. The Hall–Kier alpha value is 0.400. The number of halogens is 1. The molecular formula is C13H24BrNO. The summed E-state index contributed by atoms with van der Waals surface area (Å²) in [6, 6.07) is 0. The Morgan fingerprint density at radius 3 is 2.31 bits per heavy atom. The second-order valence-electron chi connectivity index (χ2n) is 5.74. The van der Waals surface area contributed by atoms with Crippen molar-refractivity contribution in [2.24, 2.45) is 11.3 Å². The summed E-state index contributed by atoms with van der Waals surface area (Å²) in [6.45, 7) is 4.05. The average molecular weight is 290 g/mol. The smallest absolute Gasteiger partial charge is 0.0460 e. The van der Waals surface area contributed by atoms with E-state index in [2.05, 4.69) is 20.8 Å². The van der Waals surface area contributed by atoms with E-state index in [0.29, 0.717) is 17.9 Å². The third-order valence-corrected chi connectivity index (χ3v) is 5.66. The van der Waals surface area contributed by atoms with E-state index in [9.17, 15) is 0 Å². The molecule has 1 aliphatic carbocycles. The molecule has 1 aliphatic heterocycles. The van der Waals surface area contributed by atoms with Crippen LogP contribution < -0.4 is 0 Å². The second-order valence-corrected chi connectivity index (χ2v) is 6.30. The Morgan fingerprint density at radius 2 is 1.81 bits per heavy atom. The van der Waals surface area contributed by atoms with E-state index in [-0.39, 0.29) is 0 Å². The van der Waals surface area contributed by atoms with Crippen molar-refractivity contribution in [2.75, 3.05) is 31.6 Å². The first kappa shape index (κ1) is 12.8. The molecule has 3 heteroatoms. The van der Waals surface area contributed by atoms with Crippen LogP contribution in [0.1, 0.15) is 38.5 Å². The third-order valence-electron chi connectivity index (χ3n) is 4.47. The zero-order chi connectivity index (χ0) is 11.4. The van der Waals surface area contributed by atoms with E-state index in [0.717, 1.165) is 0 Å². The average Bonchev–Trinajstić information content (AvgIpc) is 2.79. The van der Waals surface area contributed by atoms with Crippen LogP contribution in [0.5, 0.6) is 0 Å². The van der Waals surface area contributed by atoms with E-state index in [1.54, 1.807) is 0 Å². The monoisotopic (exact) mass is 289 g/mol. The minimum Gasteiger partial charge on any atom is -0.396 e. The number of hydrogen-bond acceptors (Lipinski definition) is 2. The second kappa shape index (κ2) is 5.83. The first-order valence-corrected chi connectivity index (χ1v) is 7.79. The van der Waals surface area contributed by atoms with Crippen LogP contribution in [0.25, 0.3) is 0 Å². The molecule has 94 valence electrons. The molecule has 0 amide bonds. The van der Waals surface area contributed by atoms with Crippen LogP contribution in [0.2, 0.25) is 0 Å². The molecule has 0 unspecified atom stereocenters. The van der Waals surface area contributed by atoms with Gasteiger partial charge in [0.25, 0.3) is 0 Å². The van der Waals surface area contributed by atoms with Crippen molar-refractivity contribution in [3.05, 3.63) is 0 Å². The number of likely N-dealkylation sites (tertiary alicyclic amines) is 1. The van der Waals surface area contributed by atoms with Gasteiger partial charge in [-0.2, -0.15) is 0 Å². The van der Waals surface area contributed by atoms with E-state index >= 15 is 0 Å². The lowest BCUT2D eigenvalue weighted by atomic mass is 9.87. The van der Waals surface area contributed by atoms with Gasteiger partial charge in [0.1, 0.15) is 0 Å². The normalized spacial score (nSPS) is 27.4. The largest absolute Gasteiger partial charge is 0.396 e. The fourth-order valence-electron chi connectivity index (χ4n) is 3.26. The molecule has 1 N–H and O–H groups in total. The van der Waals surface area contributed by atoms with Gasteiger partial charge in [-0.1, -0.05) is 28.8 Å². The summed E-state index contributed by atoms with van der Waals surface area (Å²) in [5.74, 6) is 0.569. The highest BCUT2D eigenvalue weighted by Crippen LogP contribution is 2.40. The van der Waals surface area contributed by atoms with Gasteiger partial charge < -0.3 is 10.0 Å². The van der Waals surface area contributed by atoms with E-state index in [4.69, 9.17) is 5.11 Å². The minimum absolute atomic E-state index is 0.386. The molecule has 0 aromatic heterocycles. The van der Waals surface area contributed by atoms with Gasteiger partial charge in [0.2, 0.25) is 0 Å². The highest BCUT2D eigenvalue weighted by molar-refractivity contribution is 9.09. The number of piperidine rings is 1. The Kier molecular flexibility index (Phi) is 4.68. The number of aliphatic hydroxyl groups is 1. The number of aliphatic hydroxyl groups excluding tert-OH is 1. The molecule has 1 saturated heterocycles. The molecule has 0 radical (unpaired) electrons. The van der Waals surface area contributed by atoms with Crippen LogP contribution in [-0.2, 0) is 0 Å². The number of rotatable bonds is 4. The highest BCUT2D eigenvalue weighted by Gasteiger charge is 2.35. The molecule has 2 aliphatic rings. The minimum atomic E-state index is 0.386. The van der Waals surface area contributed by atoms with Crippen LogP contribution in [0, 0.1) is 11.3 Å². The van der Waals surface area contributed by atoms with Gasteiger partial charge in [-0.05, 0) is 50.1 Å². The van der Waals surface area contributed by atoms with Gasteiger partial charge in [-0.3, -0.25) is 0 Å². The molecule has 2 fully saturated rings. The molecule has 0 aromatic carbocycles. The Morgan fingerprint density at radius 1 is 1.19 bits per heavy atom. The van der Waals surface area contributed by atoms with E-state index < -0.39 is 0 Å². The van der Waals surface area contributed by atoms with Gasteiger partial charge in [-0.15, -0.1) is 0 Å². The van der Waals surface area contributed by atoms with Crippen molar-refractivity contribution in [3.63, 3.8) is 0 Å². The molecule has 1 saturated carbocycles. The van der Waals surface area contributed by atoms with Gasteiger partial charge in [0.15, 0.2) is 0 Å². The standard InChI is InChI=1S/C13H24BrNO/c14-10-13(5-1-2-6-13)11-15-7-3-12(9-16)4-8-15/h12,16H,1-11H2. The SMILES string of the molecule is OCC1CCN(CC2(CBr)CCCC2)CC1. The van der Waals surface area contributed by atoms with Gasteiger partial charge in [0.05, 0.1) is 0 Å². The van der Waals surface area contributed by atoms with Gasteiger partial charge in [-0.25, -0.2) is 0 Å². The molecule has 0 atom stereocenters. The molecule has 1 heterocycles. The zero-order valence-corrected chi connectivity index (χ0v) is 11.7. The predicted octanol–water partition coefficient (Wildman–Crippen LogP) is 2.65. The molecule has 2 nitrogen and oxygen atoms in total. The summed E-state index contributed by atoms with van der Waals surface area (Å²) < 4.78 is 0. The first-order chi connectivity index (χ1) is 7.78. The summed E-state index contributed by atoms with van der Waals surface area (Å²) in [7, 11) is 0. The zero-order valence-electron chi connectivity index (χ0n) is 10.1. The van der Waals surface area contributed by atoms with E-state index in [1.807, 2.05) is 0 Å². The summed E-state index contributed by atoms with van der Waals surface area (Å²) >= 11 is 3.72. The van der Waals surface area contributed by atoms with Crippen molar-refractivity contribution < 1.29 is 5.11 Å². The lowest BCUT2D eigenvalue weighted by Crippen LogP contribution is -2.42. The molecule has 2 rings (SSSR count). The molecule has 0 spiro atoms. The van der Waals surface area contributed by atoms with E-state index in [1.165, 1.54) is 63.5 Å². The summed E-state index contributed by atoms with van der Waals surface area (Å²) in [4.78, 5) is 2.62. The number of nitrogens with zero attached hydrogens (tertiary/aromatic N) is 1. The maximum atomic E-state index is 9.13. The fraction of sp³-hybridized carbons (Fsp3) is 1.00. The van der Waals surface area contributed by atoms with Crippen LogP contribution in [0.4, 0.5) is 0 Å². The van der Waals surface area contributed by atoms with Crippen molar-refractivity contribution in [1.29, 1.82) is 0 Å². The third kappa shape index (κ3) is 2.99. The fourth-order valence-corrected chi connectivity index (χ4v) is 4.00. The molecular weight excluding hydrogens is 266 g/mol. The maximum Gasteiger partial charge on any atom is 0.0460 e. The first-order valence-electron chi connectivity index (χ1n) is 6.67. The van der Waals surface area contributed by atoms with Crippen LogP contribution in [0.3, 0.4) is 0 Å². The van der Waals surface area contributed by atoms with Crippen molar-refractivity contribution >= 4 is 15.9 Å². The van der Waals surface area contributed by atoms with Crippen molar-refractivity contribution in [1.82, 2.24) is 4.90 Å². The quantitative estimate of drug-likeness (QED) is 0.805. The Bertz CT molecular complexity index is 208. The number of alkyl halides is 1. The van der Waals surface area contributed by atoms with Crippen LogP contribution in [-0.4, -0.2) is 41.6 Å². The van der Waals surface area contributed by atoms with Crippen LogP contribution in [0.15, 0.2) is 0 Å². The van der Waals surface area contributed by atoms with Crippen LogP contribution >= 0.6 is 15.9 Å². The topological polar surface area (TPSA) is 23.5 Å². The summed E-state index contributed by atoms with van der Waals surface area (Å²) in [5.41, 5.74) is 0.562.